The van der Waals surface area contributed by atoms with Crippen LogP contribution in [0.15, 0.2) is 59.6 Å². The second kappa shape index (κ2) is 7.03. The molecule has 8 heteroatoms. The molecule has 0 aliphatic rings. The molecular weight excluding hydrogens is 379 g/mol. The van der Waals surface area contributed by atoms with Gasteiger partial charge in [0.1, 0.15) is 11.6 Å². The molecule has 2 aromatic carbocycles. The molecule has 0 radical (unpaired) electrons. The van der Waals surface area contributed by atoms with Crippen molar-refractivity contribution < 1.29 is 17.5 Å². The van der Waals surface area contributed by atoms with Crippen molar-refractivity contribution in [1.29, 1.82) is 0 Å². The van der Waals surface area contributed by atoms with E-state index < -0.39 is 15.8 Å². The molecule has 0 unspecified atom stereocenters. The molecule has 3 rings (SSSR count). The van der Waals surface area contributed by atoms with Crippen molar-refractivity contribution in [2.24, 2.45) is 5.14 Å². The number of nitrogens with zero attached hydrogens (tertiary/aromatic N) is 1. The number of nitrogens with two attached hydrogens (primary N) is 1. The first-order valence-corrected chi connectivity index (χ1v) is 9.35. The first-order valence-electron chi connectivity index (χ1n) is 7.43. The SMILES string of the molecule is COc1ccc(-c2cccnc2-c2cc(S(N)(=O)=O)ccc2F)cc1Cl. The van der Waals surface area contributed by atoms with Crippen molar-refractivity contribution in [2.75, 3.05) is 7.11 Å². The number of methoxy groups -OCH3 is 1. The van der Waals surface area contributed by atoms with Gasteiger partial charge in [0.15, 0.2) is 0 Å². The maximum Gasteiger partial charge on any atom is 0.238 e. The number of pyridine rings is 1. The average molecular weight is 393 g/mol. The van der Waals surface area contributed by atoms with E-state index in [1.165, 1.54) is 19.4 Å². The molecule has 134 valence electrons. The molecule has 0 aliphatic carbocycles. The minimum absolute atomic E-state index is 0.0269. The summed E-state index contributed by atoms with van der Waals surface area (Å²) in [6, 6.07) is 11.9. The highest BCUT2D eigenvalue weighted by Gasteiger charge is 2.17. The number of hydrogen-bond donors (Lipinski definition) is 1. The number of hydrogen-bond acceptors (Lipinski definition) is 4. The van der Waals surface area contributed by atoms with Crippen molar-refractivity contribution in [1.82, 2.24) is 4.98 Å². The molecule has 0 fully saturated rings. The fraction of sp³-hybridized carbons (Fsp3) is 0.0556. The lowest BCUT2D eigenvalue weighted by atomic mass is 9.99. The van der Waals surface area contributed by atoms with E-state index in [0.29, 0.717) is 21.9 Å². The lowest BCUT2D eigenvalue weighted by molar-refractivity contribution is 0.415. The van der Waals surface area contributed by atoms with E-state index in [1.54, 1.807) is 30.3 Å². The summed E-state index contributed by atoms with van der Waals surface area (Å²) in [7, 11) is -2.47. The Morgan fingerprint density at radius 3 is 2.54 bits per heavy atom. The molecule has 0 saturated carbocycles. The van der Waals surface area contributed by atoms with Crippen molar-refractivity contribution in [3.63, 3.8) is 0 Å². The maximum atomic E-state index is 14.4. The Kier molecular flexibility index (Phi) is 4.95. The zero-order valence-corrected chi connectivity index (χ0v) is 15.2. The van der Waals surface area contributed by atoms with Crippen LogP contribution in [0.5, 0.6) is 5.75 Å². The molecule has 3 aromatic rings. The quantitative estimate of drug-likeness (QED) is 0.730. The fourth-order valence-electron chi connectivity index (χ4n) is 2.55. The smallest absolute Gasteiger partial charge is 0.238 e. The van der Waals surface area contributed by atoms with E-state index in [2.05, 4.69) is 4.98 Å². The zero-order valence-electron chi connectivity index (χ0n) is 13.6. The number of rotatable bonds is 4. The van der Waals surface area contributed by atoms with Gasteiger partial charge < -0.3 is 4.74 Å². The summed E-state index contributed by atoms with van der Waals surface area (Å²) < 4.78 is 42.8. The van der Waals surface area contributed by atoms with Crippen LogP contribution in [0.25, 0.3) is 22.4 Å². The van der Waals surface area contributed by atoms with Crippen LogP contribution in [0.2, 0.25) is 5.02 Å². The molecule has 5 nitrogen and oxygen atoms in total. The van der Waals surface area contributed by atoms with E-state index in [-0.39, 0.29) is 16.2 Å². The molecule has 1 aromatic heterocycles. The summed E-state index contributed by atoms with van der Waals surface area (Å²) in [6.45, 7) is 0. The molecule has 1 heterocycles. The second-order valence-corrected chi connectivity index (χ2v) is 7.40. The topological polar surface area (TPSA) is 82.3 Å². The molecular formula is C18H14ClFN2O3S. The van der Waals surface area contributed by atoms with Gasteiger partial charge in [-0.05, 0) is 42.0 Å². The second-order valence-electron chi connectivity index (χ2n) is 5.44. The molecule has 0 bridgehead atoms. The van der Waals surface area contributed by atoms with Crippen LogP contribution < -0.4 is 9.88 Å². The van der Waals surface area contributed by atoms with Crippen LogP contribution in [0.4, 0.5) is 4.39 Å². The highest BCUT2D eigenvalue weighted by Crippen LogP contribution is 2.36. The molecule has 0 aliphatic heterocycles. The van der Waals surface area contributed by atoms with Gasteiger partial charge in [0, 0.05) is 17.3 Å². The summed E-state index contributed by atoms with van der Waals surface area (Å²) in [5, 5.41) is 5.54. The van der Waals surface area contributed by atoms with Crippen molar-refractivity contribution in [3.05, 3.63) is 65.6 Å². The number of ether oxygens (including phenoxy) is 1. The number of aromatic nitrogens is 1. The summed E-state index contributed by atoms with van der Waals surface area (Å²) in [4.78, 5) is 4.04. The number of sulfonamides is 1. The van der Waals surface area contributed by atoms with Crippen LogP contribution in [-0.4, -0.2) is 20.5 Å². The fourth-order valence-corrected chi connectivity index (χ4v) is 3.35. The standard InChI is InChI=1S/C18H14ClFN2O3S/c1-25-17-7-4-11(9-15(17)19)13-3-2-8-22-18(13)14-10-12(26(21,23)24)5-6-16(14)20/h2-10H,1H3,(H2,21,23,24). The molecule has 0 atom stereocenters. The van der Waals surface area contributed by atoms with Crippen LogP contribution in [0.3, 0.4) is 0 Å². The summed E-state index contributed by atoms with van der Waals surface area (Å²) in [6.07, 6.45) is 1.49. The van der Waals surface area contributed by atoms with E-state index in [9.17, 15) is 12.8 Å². The van der Waals surface area contributed by atoms with E-state index >= 15 is 0 Å². The summed E-state index contributed by atoms with van der Waals surface area (Å²) >= 11 is 6.18. The lowest BCUT2D eigenvalue weighted by Gasteiger charge is -2.12. The summed E-state index contributed by atoms with van der Waals surface area (Å²) in [5.74, 6) is -0.111. The molecule has 0 amide bonds. The Bertz CT molecular complexity index is 1090. The highest BCUT2D eigenvalue weighted by atomic mass is 35.5. The lowest BCUT2D eigenvalue weighted by Crippen LogP contribution is -2.12. The van der Waals surface area contributed by atoms with E-state index in [4.69, 9.17) is 21.5 Å². The molecule has 0 saturated heterocycles. The number of halogens is 2. The van der Waals surface area contributed by atoms with Gasteiger partial charge in [0.25, 0.3) is 0 Å². The Morgan fingerprint density at radius 2 is 1.88 bits per heavy atom. The van der Waals surface area contributed by atoms with Crippen LogP contribution in [-0.2, 0) is 10.0 Å². The van der Waals surface area contributed by atoms with Crippen molar-refractivity contribution >= 4 is 21.6 Å². The maximum absolute atomic E-state index is 14.4. The zero-order chi connectivity index (χ0) is 18.9. The van der Waals surface area contributed by atoms with Crippen LogP contribution in [0.1, 0.15) is 0 Å². The van der Waals surface area contributed by atoms with E-state index in [1.807, 2.05) is 0 Å². The average Bonchev–Trinajstić information content (AvgIpc) is 2.61. The third kappa shape index (κ3) is 3.55. The largest absolute Gasteiger partial charge is 0.495 e. The van der Waals surface area contributed by atoms with Crippen molar-refractivity contribution in [3.8, 4) is 28.1 Å². The summed E-state index contributed by atoms with van der Waals surface area (Å²) in [5.41, 5.74) is 1.57. The third-order valence-corrected chi connectivity index (χ3v) is 5.00. The Morgan fingerprint density at radius 1 is 1.12 bits per heavy atom. The van der Waals surface area contributed by atoms with Crippen LogP contribution >= 0.6 is 11.6 Å². The predicted molar refractivity (Wildman–Crippen MR) is 98.0 cm³/mol. The number of primary sulfonamides is 1. The van der Waals surface area contributed by atoms with Gasteiger partial charge in [-0.3, -0.25) is 4.98 Å². The van der Waals surface area contributed by atoms with Gasteiger partial charge in [0.05, 0.1) is 22.7 Å². The Balaban J connectivity index is 2.22. The first-order chi connectivity index (χ1) is 12.3. The van der Waals surface area contributed by atoms with Gasteiger partial charge in [-0.15, -0.1) is 0 Å². The van der Waals surface area contributed by atoms with Gasteiger partial charge in [0.2, 0.25) is 10.0 Å². The molecule has 0 spiro atoms. The molecule has 26 heavy (non-hydrogen) atoms. The Hall–Kier alpha value is -2.48. The van der Waals surface area contributed by atoms with Gasteiger partial charge in [-0.25, -0.2) is 17.9 Å². The minimum atomic E-state index is -3.98. The van der Waals surface area contributed by atoms with Gasteiger partial charge in [-0.2, -0.15) is 0 Å². The predicted octanol–water partition coefficient (Wildman–Crippen LogP) is 3.86. The van der Waals surface area contributed by atoms with Crippen LogP contribution in [0, 0.1) is 5.82 Å². The van der Waals surface area contributed by atoms with E-state index in [0.717, 1.165) is 12.1 Å². The first kappa shape index (κ1) is 18.3. The van der Waals surface area contributed by atoms with Crippen molar-refractivity contribution in [2.45, 2.75) is 4.90 Å². The number of benzene rings is 2. The normalized spacial score (nSPS) is 11.4. The highest BCUT2D eigenvalue weighted by molar-refractivity contribution is 7.89. The molecule has 2 N–H and O–H groups in total. The minimum Gasteiger partial charge on any atom is -0.495 e. The van der Waals surface area contributed by atoms with Gasteiger partial charge in [-0.1, -0.05) is 23.7 Å². The third-order valence-electron chi connectivity index (χ3n) is 3.79. The van der Waals surface area contributed by atoms with Gasteiger partial charge >= 0.3 is 0 Å². The Labute approximate surface area is 155 Å². The monoisotopic (exact) mass is 392 g/mol.